The minimum absolute atomic E-state index is 0.783. The highest BCUT2D eigenvalue weighted by Gasteiger charge is 2.05. The van der Waals surface area contributed by atoms with Crippen LogP contribution in [0.4, 0.5) is 0 Å². The number of rotatable bonds is 5. The van der Waals surface area contributed by atoms with E-state index in [-0.39, 0.29) is 0 Å². The average Bonchev–Trinajstić information content (AvgIpc) is 2.47. The molecule has 2 aromatic rings. The highest BCUT2D eigenvalue weighted by atomic mass is 35.5. The van der Waals surface area contributed by atoms with Crippen LogP contribution in [0.3, 0.4) is 0 Å². The van der Waals surface area contributed by atoms with Gasteiger partial charge in [-0.1, -0.05) is 54.1 Å². The zero-order valence-corrected chi connectivity index (χ0v) is 13.3. The molecule has 2 aromatic carbocycles. The summed E-state index contributed by atoms with van der Waals surface area (Å²) in [5.41, 5.74) is 5.13. The van der Waals surface area contributed by atoms with Crippen molar-refractivity contribution in [3.63, 3.8) is 0 Å². The molecule has 0 unspecified atom stereocenters. The maximum atomic E-state index is 6.13. The van der Waals surface area contributed by atoms with Crippen molar-refractivity contribution in [3.8, 4) is 0 Å². The van der Waals surface area contributed by atoms with E-state index in [0.29, 0.717) is 0 Å². The zero-order chi connectivity index (χ0) is 14.4. The first-order chi connectivity index (χ1) is 9.70. The number of hydrogen-bond acceptors (Lipinski definition) is 0. The van der Waals surface area contributed by atoms with Crippen LogP contribution in [-0.4, -0.2) is 5.80 Å². The molecule has 20 heavy (non-hydrogen) atoms. The molecule has 0 bridgehead atoms. The van der Waals surface area contributed by atoms with Crippen molar-refractivity contribution >= 4 is 31.8 Å². The molecule has 0 nitrogen and oxygen atoms in total. The Morgan fingerprint density at radius 3 is 2.55 bits per heavy atom. The Bertz CT molecular complexity index is 615. The van der Waals surface area contributed by atoms with Gasteiger partial charge in [-0.15, -0.1) is 8.86 Å². The number of aryl methyl sites for hydroxylation is 2. The van der Waals surface area contributed by atoms with Gasteiger partial charge in [0.25, 0.3) is 0 Å². The van der Waals surface area contributed by atoms with Crippen LogP contribution in [0.25, 0.3) is 5.57 Å². The van der Waals surface area contributed by atoms with Gasteiger partial charge in [0.15, 0.2) is 0 Å². The zero-order valence-electron chi connectivity index (χ0n) is 11.6. The summed E-state index contributed by atoms with van der Waals surface area (Å²) in [6.45, 7) is 2.11. The molecule has 0 aromatic heterocycles. The van der Waals surface area contributed by atoms with Gasteiger partial charge in [0, 0.05) is 5.02 Å². The lowest BCUT2D eigenvalue weighted by Gasteiger charge is -2.11. The number of halogens is 1. The molecule has 0 amide bonds. The van der Waals surface area contributed by atoms with Crippen LogP contribution in [-0.2, 0) is 12.8 Å². The summed E-state index contributed by atoms with van der Waals surface area (Å²) in [5, 5.41) is 0.783. The van der Waals surface area contributed by atoms with Crippen molar-refractivity contribution in [1.29, 1.82) is 0 Å². The summed E-state index contributed by atoms with van der Waals surface area (Å²) < 4.78 is 0. The largest absolute Gasteiger partial charge is 0.122 e. The van der Waals surface area contributed by atoms with E-state index in [1.807, 2.05) is 17.9 Å². The van der Waals surface area contributed by atoms with Gasteiger partial charge in [0.05, 0.1) is 0 Å². The van der Waals surface area contributed by atoms with Crippen LogP contribution in [0.1, 0.15) is 23.6 Å². The Morgan fingerprint density at radius 2 is 1.85 bits per heavy atom. The van der Waals surface area contributed by atoms with Gasteiger partial charge in [0.2, 0.25) is 0 Å². The van der Waals surface area contributed by atoms with Crippen LogP contribution < -0.4 is 0 Å². The first kappa shape index (κ1) is 15.0. The van der Waals surface area contributed by atoms with Crippen LogP contribution in [0.15, 0.2) is 54.6 Å². The first-order valence-electron chi connectivity index (χ1n) is 6.71. The van der Waals surface area contributed by atoms with E-state index in [2.05, 4.69) is 58.3 Å². The van der Waals surface area contributed by atoms with Crippen LogP contribution in [0, 0.1) is 0 Å². The lowest BCUT2D eigenvalue weighted by Crippen LogP contribution is -1.96. The van der Waals surface area contributed by atoms with Gasteiger partial charge in [-0.25, -0.2) is 0 Å². The Kier molecular flexibility index (Phi) is 5.59. The molecule has 0 saturated carbocycles. The molecular formula is C18H18ClP. The van der Waals surface area contributed by atoms with Crippen LogP contribution in [0.2, 0.25) is 5.02 Å². The second-order valence-corrected chi connectivity index (χ2v) is 5.57. The summed E-state index contributed by atoms with van der Waals surface area (Å²) in [4.78, 5) is 0. The van der Waals surface area contributed by atoms with Crippen LogP contribution in [0.5, 0.6) is 0 Å². The molecule has 102 valence electrons. The van der Waals surface area contributed by atoms with Crippen molar-refractivity contribution in [2.24, 2.45) is 0 Å². The summed E-state index contributed by atoms with van der Waals surface area (Å²) >= 11 is 6.13. The van der Waals surface area contributed by atoms with Crippen LogP contribution >= 0.6 is 20.5 Å². The predicted octanol–water partition coefficient (Wildman–Crippen LogP) is 5.47. The van der Waals surface area contributed by atoms with E-state index < -0.39 is 0 Å². The topological polar surface area (TPSA) is 0 Å². The SMILES string of the molecule is C/C(=C\C=P)c1cc(Cl)ccc1CCc1ccccc1. The maximum absolute atomic E-state index is 6.13. The molecule has 0 radical (unpaired) electrons. The van der Waals surface area contributed by atoms with Gasteiger partial charge >= 0.3 is 0 Å². The molecule has 0 heterocycles. The second-order valence-electron chi connectivity index (χ2n) is 4.80. The van der Waals surface area contributed by atoms with Crippen molar-refractivity contribution in [2.75, 3.05) is 0 Å². The maximum Gasteiger partial charge on any atom is 0.0412 e. The van der Waals surface area contributed by atoms with Gasteiger partial charge in [-0.2, -0.15) is 0 Å². The molecule has 0 atom stereocenters. The molecule has 0 N–H and O–H groups in total. The summed E-state index contributed by atoms with van der Waals surface area (Å²) in [6.07, 6.45) is 4.11. The summed E-state index contributed by atoms with van der Waals surface area (Å²) in [6, 6.07) is 16.7. The number of allylic oxidation sites excluding steroid dienone is 2. The molecule has 0 aliphatic heterocycles. The Labute approximate surface area is 128 Å². The third kappa shape index (κ3) is 4.07. The standard InChI is InChI=1S/C18H18ClP/c1-14(11-12-20)18-13-17(19)10-9-16(18)8-7-15-5-3-2-4-6-15/h2-6,9-13,20H,7-8H2,1H3/b14-11+. The normalized spacial score (nSPS) is 11.4. The van der Waals surface area contributed by atoms with Crippen molar-refractivity contribution < 1.29 is 0 Å². The van der Waals surface area contributed by atoms with E-state index >= 15 is 0 Å². The van der Waals surface area contributed by atoms with E-state index in [0.717, 1.165) is 17.9 Å². The molecule has 0 fully saturated rings. The van der Waals surface area contributed by atoms with Crippen molar-refractivity contribution in [1.82, 2.24) is 0 Å². The minimum Gasteiger partial charge on any atom is -0.122 e. The molecule has 0 aliphatic carbocycles. The molecule has 0 spiro atoms. The lowest BCUT2D eigenvalue weighted by atomic mass is 9.95. The Morgan fingerprint density at radius 1 is 1.10 bits per heavy atom. The van der Waals surface area contributed by atoms with E-state index in [1.165, 1.54) is 22.3 Å². The molecule has 0 saturated heterocycles. The quantitative estimate of drug-likeness (QED) is 0.642. The molecular weight excluding hydrogens is 283 g/mol. The summed E-state index contributed by atoms with van der Waals surface area (Å²) in [7, 11) is 3.38. The van der Waals surface area contributed by atoms with E-state index in [1.54, 1.807) is 0 Å². The van der Waals surface area contributed by atoms with E-state index in [4.69, 9.17) is 11.6 Å². The van der Waals surface area contributed by atoms with Crippen molar-refractivity contribution in [3.05, 3.63) is 76.3 Å². The predicted molar refractivity (Wildman–Crippen MR) is 93.3 cm³/mol. The molecule has 2 heteroatoms. The Balaban J connectivity index is 2.23. The monoisotopic (exact) mass is 300 g/mol. The minimum atomic E-state index is 0.783. The Hall–Kier alpha value is -1.36. The highest BCUT2D eigenvalue weighted by molar-refractivity contribution is 7.19. The third-order valence-corrected chi connectivity index (χ3v) is 3.76. The fraction of sp³-hybridized carbons (Fsp3) is 0.167. The van der Waals surface area contributed by atoms with Gasteiger partial charge < -0.3 is 0 Å². The highest BCUT2D eigenvalue weighted by Crippen LogP contribution is 2.24. The smallest absolute Gasteiger partial charge is 0.0412 e. The molecule has 0 aliphatic rings. The van der Waals surface area contributed by atoms with E-state index in [9.17, 15) is 0 Å². The molecule has 2 rings (SSSR count). The van der Waals surface area contributed by atoms with Crippen molar-refractivity contribution in [2.45, 2.75) is 19.8 Å². The lowest BCUT2D eigenvalue weighted by molar-refractivity contribution is 0.956. The number of benzene rings is 2. The fourth-order valence-electron chi connectivity index (χ4n) is 2.27. The summed E-state index contributed by atoms with van der Waals surface area (Å²) in [5.74, 6) is 1.87. The second kappa shape index (κ2) is 7.43. The van der Waals surface area contributed by atoms with Gasteiger partial charge in [-0.05, 0) is 60.0 Å². The van der Waals surface area contributed by atoms with Gasteiger partial charge in [-0.3, -0.25) is 0 Å². The first-order valence-corrected chi connectivity index (χ1v) is 7.66. The number of hydrogen-bond donors (Lipinski definition) is 0. The fourth-order valence-corrected chi connectivity index (χ4v) is 2.69. The average molecular weight is 301 g/mol. The van der Waals surface area contributed by atoms with Gasteiger partial charge in [0.1, 0.15) is 0 Å². The third-order valence-electron chi connectivity index (χ3n) is 3.36.